The van der Waals surface area contributed by atoms with Crippen LogP contribution in [0.15, 0.2) is 23.2 Å². The van der Waals surface area contributed by atoms with Crippen LogP contribution < -0.4 is 14.8 Å². The first-order chi connectivity index (χ1) is 8.35. The lowest BCUT2D eigenvalue weighted by Gasteiger charge is -2.12. The van der Waals surface area contributed by atoms with Crippen LogP contribution in [0.4, 0.5) is 0 Å². The standard InChI is InChI=1S/C13H18N2O2/c1-16-11-5-3-4-10(13(11)17-2)6-7-12-14-8-9-15-12/h3-5H,6-9H2,1-2H3,(H,14,15). The highest BCUT2D eigenvalue weighted by atomic mass is 16.5. The zero-order valence-corrected chi connectivity index (χ0v) is 10.3. The Hall–Kier alpha value is -1.71. The third-order valence-electron chi connectivity index (χ3n) is 2.86. The van der Waals surface area contributed by atoms with Gasteiger partial charge in [-0.1, -0.05) is 12.1 Å². The molecule has 0 radical (unpaired) electrons. The highest BCUT2D eigenvalue weighted by molar-refractivity contribution is 5.83. The molecule has 1 N–H and O–H groups in total. The molecule has 0 fully saturated rings. The van der Waals surface area contributed by atoms with Gasteiger partial charge in [0.25, 0.3) is 0 Å². The average molecular weight is 234 g/mol. The topological polar surface area (TPSA) is 42.8 Å². The van der Waals surface area contributed by atoms with E-state index in [1.807, 2.05) is 12.1 Å². The van der Waals surface area contributed by atoms with Gasteiger partial charge < -0.3 is 14.8 Å². The van der Waals surface area contributed by atoms with Crippen molar-refractivity contribution in [3.05, 3.63) is 23.8 Å². The average Bonchev–Trinajstić information content (AvgIpc) is 2.88. The van der Waals surface area contributed by atoms with E-state index >= 15 is 0 Å². The summed E-state index contributed by atoms with van der Waals surface area (Å²) < 4.78 is 10.7. The van der Waals surface area contributed by atoms with Crippen molar-refractivity contribution < 1.29 is 9.47 Å². The zero-order valence-electron chi connectivity index (χ0n) is 10.3. The van der Waals surface area contributed by atoms with Gasteiger partial charge in [0.2, 0.25) is 0 Å². The fourth-order valence-electron chi connectivity index (χ4n) is 2.02. The minimum Gasteiger partial charge on any atom is -0.493 e. The number of aryl methyl sites for hydroxylation is 1. The van der Waals surface area contributed by atoms with E-state index in [-0.39, 0.29) is 0 Å². The fraction of sp³-hybridized carbons (Fsp3) is 0.462. The second-order valence-electron chi connectivity index (χ2n) is 3.91. The number of hydrogen-bond donors (Lipinski definition) is 1. The first kappa shape index (κ1) is 11.8. The van der Waals surface area contributed by atoms with E-state index in [1.165, 1.54) is 0 Å². The first-order valence-corrected chi connectivity index (χ1v) is 5.82. The van der Waals surface area contributed by atoms with Gasteiger partial charge in [-0.05, 0) is 18.1 Å². The van der Waals surface area contributed by atoms with Crippen molar-refractivity contribution in [3.63, 3.8) is 0 Å². The largest absolute Gasteiger partial charge is 0.493 e. The van der Waals surface area contributed by atoms with Gasteiger partial charge in [0.15, 0.2) is 11.5 Å². The number of para-hydroxylation sites is 1. The zero-order chi connectivity index (χ0) is 12.1. The number of amidine groups is 1. The summed E-state index contributed by atoms with van der Waals surface area (Å²) in [5.41, 5.74) is 1.16. The number of ether oxygens (including phenoxy) is 2. The van der Waals surface area contributed by atoms with Gasteiger partial charge in [-0.3, -0.25) is 4.99 Å². The van der Waals surface area contributed by atoms with Crippen LogP contribution in [0.5, 0.6) is 11.5 Å². The number of benzene rings is 1. The summed E-state index contributed by atoms with van der Waals surface area (Å²) in [7, 11) is 3.33. The van der Waals surface area contributed by atoms with Crippen molar-refractivity contribution in [1.29, 1.82) is 0 Å². The Morgan fingerprint density at radius 3 is 2.76 bits per heavy atom. The monoisotopic (exact) mass is 234 g/mol. The highest BCUT2D eigenvalue weighted by Crippen LogP contribution is 2.31. The Balaban J connectivity index is 2.08. The van der Waals surface area contributed by atoms with E-state index < -0.39 is 0 Å². The molecule has 0 aromatic heterocycles. The van der Waals surface area contributed by atoms with Gasteiger partial charge in [0, 0.05) is 13.0 Å². The molecule has 0 atom stereocenters. The van der Waals surface area contributed by atoms with Crippen molar-refractivity contribution in [2.45, 2.75) is 12.8 Å². The van der Waals surface area contributed by atoms with Crippen LogP contribution in [0.1, 0.15) is 12.0 Å². The van der Waals surface area contributed by atoms with Gasteiger partial charge >= 0.3 is 0 Å². The molecular weight excluding hydrogens is 216 g/mol. The van der Waals surface area contributed by atoms with Crippen molar-refractivity contribution >= 4 is 5.84 Å². The lowest BCUT2D eigenvalue weighted by molar-refractivity contribution is 0.352. The summed E-state index contributed by atoms with van der Waals surface area (Å²) in [5.74, 6) is 2.70. The molecule has 1 heterocycles. The quantitative estimate of drug-likeness (QED) is 0.842. The van der Waals surface area contributed by atoms with Crippen LogP contribution in [-0.2, 0) is 6.42 Å². The van der Waals surface area contributed by atoms with Gasteiger partial charge in [0.05, 0.1) is 26.6 Å². The molecule has 0 unspecified atom stereocenters. The van der Waals surface area contributed by atoms with Crippen LogP contribution in [-0.4, -0.2) is 33.1 Å². The third kappa shape index (κ3) is 2.70. The summed E-state index contributed by atoms with van der Waals surface area (Å²) in [6, 6.07) is 5.96. The number of aliphatic imine (C=N–C) groups is 1. The van der Waals surface area contributed by atoms with E-state index in [9.17, 15) is 0 Å². The normalized spacial score (nSPS) is 14.1. The van der Waals surface area contributed by atoms with Crippen LogP contribution >= 0.6 is 0 Å². The van der Waals surface area contributed by atoms with Gasteiger partial charge in [-0.15, -0.1) is 0 Å². The van der Waals surface area contributed by atoms with Crippen LogP contribution in [0.25, 0.3) is 0 Å². The molecular formula is C13H18N2O2. The smallest absolute Gasteiger partial charge is 0.163 e. The van der Waals surface area contributed by atoms with E-state index in [2.05, 4.69) is 16.4 Å². The molecule has 1 aliphatic heterocycles. The lowest BCUT2D eigenvalue weighted by atomic mass is 10.1. The predicted octanol–water partition coefficient (Wildman–Crippen LogP) is 1.64. The van der Waals surface area contributed by atoms with E-state index in [1.54, 1.807) is 14.2 Å². The lowest BCUT2D eigenvalue weighted by Crippen LogP contribution is -2.18. The number of nitrogens with one attached hydrogen (secondary N) is 1. The van der Waals surface area contributed by atoms with E-state index in [0.717, 1.165) is 48.8 Å². The number of hydrogen-bond acceptors (Lipinski definition) is 4. The number of nitrogens with zero attached hydrogens (tertiary/aromatic N) is 1. The number of rotatable bonds is 5. The Labute approximate surface area is 102 Å². The summed E-state index contributed by atoms with van der Waals surface area (Å²) in [6.45, 7) is 1.86. The SMILES string of the molecule is COc1cccc(CCC2=NCCN2)c1OC. The molecule has 4 heteroatoms. The highest BCUT2D eigenvalue weighted by Gasteiger charge is 2.11. The third-order valence-corrected chi connectivity index (χ3v) is 2.86. The fourth-order valence-corrected chi connectivity index (χ4v) is 2.02. The molecule has 2 rings (SSSR count). The molecule has 1 aliphatic rings. The summed E-state index contributed by atoms with van der Waals surface area (Å²) >= 11 is 0. The molecule has 0 saturated heterocycles. The Bertz CT molecular complexity index is 416. The molecule has 4 nitrogen and oxygen atoms in total. The van der Waals surface area contributed by atoms with Crippen molar-refractivity contribution in [2.24, 2.45) is 4.99 Å². The Morgan fingerprint density at radius 2 is 2.12 bits per heavy atom. The molecule has 0 amide bonds. The molecule has 17 heavy (non-hydrogen) atoms. The second-order valence-corrected chi connectivity index (χ2v) is 3.91. The van der Waals surface area contributed by atoms with E-state index in [0.29, 0.717) is 0 Å². The van der Waals surface area contributed by atoms with Gasteiger partial charge in [-0.25, -0.2) is 0 Å². The first-order valence-electron chi connectivity index (χ1n) is 5.82. The number of methoxy groups -OCH3 is 2. The van der Waals surface area contributed by atoms with Gasteiger partial charge in [-0.2, -0.15) is 0 Å². The summed E-state index contributed by atoms with van der Waals surface area (Å²) in [6.07, 6.45) is 1.83. The molecule has 0 saturated carbocycles. The maximum atomic E-state index is 5.40. The summed E-state index contributed by atoms with van der Waals surface area (Å²) in [5, 5.41) is 3.27. The summed E-state index contributed by atoms with van der Waals surface area (Å²) in [4.78, 5) is 4.38. The molecule has 1 aromatic rings. The van der Waals surface area contributed by atoms with Crippen molar-refractivity contribution in [1.82, 2.24) is 5.32 Å². The Kier molecular flexibility index (Phi) is 3.85. The van der Waals surface area contributed by atoms with Crippen LogP contribution in [0.3, 0.4) is 0 Å². The molecule has 0 spiro atoms. The minimum atomic E-state index is 0.784. The molecule has 0 bridgehead atoms. The van der Waals surface area contributed by atoms with Crippen molar-refractivity contribution in [2.75, 3.05) is 27.3 Å². The molecule has 92 valence electrons. The van der Waals surface area contributed by atoms with Crippen molar-refractivity contribution in [3.8, 4) is 11.5 Å². The van der Waals surface area contributed by atoms with Crippen LogP contribution in [0.2, 0.25) is 0 Å². The maximum absolute atomic E-state index is 5.40. The predicted molar refractivity (Wildman–Crippen MR) is 68.2 cm³/mol. The molecule has 1 aromatic carbocycles. The molecule has 0 aliphatic carbocycles. The second kappa shape index (κ2) is 5.57. The minimum absolute atomic E-state index is 0.784. The van der Waals surface area contributed by atoms with Gasteiger partial charge in [0.1, 0.15) is 0 Å². The van der Waals surface area contributed by atoms with E-state index in [4.69, 9.17) is 9.47 Å². The Morgan fingerprint density at radius 1 is 1.24 bits per heavy atom. The maximum Gasteiger partial charge on any atom is 0.163 e. The van der Waals surface area contributed by atoms with Crippen LogP contribution in [0, 0.1) is 0 Å².